The Hall–Kier alpha value is -1.41. The maximum absolute atomic E-state index is 6.22. The van der Waals surface area contributed by atoms with Crippen LogP contribution in [-0.4, -0.2) is 53.9 Å². The summed E-state index contributed by atoms with van der Waals surface area (Å²) in [5.74, 6) is 0.199. The highest BCUT2D eigenvalue weighted by Crippen LogP contribution is 2.28. The van der Waals surface area contributed by atoms with Gasteiger partial charge in [-0.25, -0.2) is 9.97 Å². The highest BCUT2D eigenvalue weighted by atomic mass is 35.5. The lowest BCUT2D eigenvalue weighted by Gasteiger charge is -2.29. The predicted molar refractivity (Wildman–Crippen MR) is 87.2 cm³/mol. The summed E-state index contributed by atoms with van der Waals surface area (Å²) in [6.07, 6.45) is 1.79. The number of hydrogen-bond acceptors (Lipinski definition) is 6. The fourth-order valence-corrected chi connectivity index (χ4v) is 2.87. The highest BCUT2D eigenvalue weighted by molar-refractivity contribution is 6.30. The third-order valence-corrected chi connectivity index (χ3v) is 4.19. The van der Waals surface area contributed by atoms with E-state index >= 15 is 0 Å². The fourth-order valence-electron chi connectivity index (χ4n) is 2.69. The zero-order valence-electron chi connectivity index (χ0n) is 12.4. The molecule has 0 radical (unpaired) electrons. The minimum atomic E-state index is 0.199. The Morgan fingerprint density at radius 1 is 1.27 bits per heavy atom. The van der Waals surface area contributed by atoms with Gasteiger partial charge < -0.3 is 25.7 Å². The van der Waals surface area contributed by atoms with Crippen LogP contribution in [0.4, 0.5) is 5.69 Å². The molecule has 4 N–H and O–H groups in total. The molecular formula is C14H21ClN6O. The number of fused-ring (bicyclic) bond motifs is 1. The zero-order valence-corrected chi connectivity index (χ0v) is 13.2. The van der Waals surface area contributed by atoms with E-state index in [4.69, 9.17) is 27.8 Å². The molecule has 3 heterocycles. The summed E-state index contributed by atoms with van der Waals surface area (Å²) in [7, 11) is 0. The van der Waals surface area contributed by atoms with Crippen molar-refractivity contribution in [3.8, 4) is 0 Å². The number of nitrogens with zero attached hydrogens (tertiary/aromatic N) is 4. The van der Waals surface area contributed by atoms with Crippen LogP contribution < -0.4 is 16.4 Å². The van der Waals surface area contributed by atoms with Crippen molar-refractivity contribution in [3.63, 3.8) is 0 Å². The molecule has 0 spiro atoms. The molecule has 0 aliphatic carbocycles. The summed E-state index contributed by atoms with van der Waals surface area (Å²) in [6.45, 7) is 4.85. The first-order valence-corrected chi connectivity index (χ1v) is 7.85. The Bertz CT molecular complexity index is 636. The molecule has 0 unspecified atom stereocenters. The van der Waals surface area contributed by atoms with Gasteiger partial charge in [-0.05, 0) is 13.1 Å². The lowest BCUT2D eigenvalue weighted by molar-refractivity contribution is 0.123. The molecule has 3 rings (SSSR count). The van der Waals surface area contributed by atoms with Crippen molar-refractivity contribution in [1.82, 2.24) is 14.5 Å². The Kier molecular flexibility index (Phi) is 4.77. The number of nitrogens with two attached hydrogens (primary N) is 2. The average Bonchev–Trinajstić information content (AvgIpc) is 2.95. The molecule has 7 nitrogen and oxygen atoms in total. The summed E-state index contributed by atoms with van der Waals surface area (Å²) < 4.78 is 7.39. The molecule has 0 aromatic carbocycles. The van der Waals surface area contributed by atoms with Crippen molar-refractivity contribution in [2.24, 2.45) is 17.4 Å². The largest absolute Gasteiger partial charge is 0.378 e. The van der Waals surface area contributed by atoms with Crippen LogP contribution in [0, 0.1) is 5.92 Å². The number of morpholine rings is 1. The summed E-state index contributed by atoms with van der Waals surface area (Å²) >= 11 is 6.22. The molecular weight excluding hydrogens is 304 g/mol. The summed E-state index contributed by atoms with van der Waals surface area (Å²) in [5.41, 5.74) is 14.1. The molecule has 1 saturated heterocycles. The zero-order chi connectivity index (χ0) is 15.5. The second-order valence-corrected chi connectivity index (χ2v) is 5.86. The van der Waals surface area contributed by atoms with E-state index < -0.39 is 0 Å². The first-order chi connectivity index (χ1) is 10.7. The summed E-state index contributed by atoms with van der Waals surface area (Å²) in [4.78, 5) is 11.2. The van der Waals surface area contributed by atoms with Gasteiger partial charge in [0.1, 0.15) is 10.7 Å². The number of hydrogen-bond donors (Lipinski definition) is 2. The molecule has 8 heteroatoms. The van der Waals surface area contributed by atoms with E-state index in [0.29, 0.717) is 38.0 Å². The van der Waals surface area contributed by atoms with Gasteiger partial charge in [-0.3, -0.25) is 0 Å². The summed E-state index contributed by atoms with van der Waals surface area (Å²) in [6, 6.07) is 1.87. The third kappa shape index (κ3) is 3.03. The third-order valence-electron chi connectivity index (χ3n) is 3.99. The van der Waals surface area contributed by atoms with Gasteiger partial charge in [0.15, 0.2) is 5.65 Å². The number of aromatic nitrogens is 3. The van der Waals surface area contributed by atoms with Crippen molar-refractivity contribution in [3.05, 3.63) is 17.5 Å². The Morgan fingerprint density at radius 3 is 2.68 bits per heavy atom. The second kappa shape index (κ2) is 6.78. The first-order valence-electron chi connectivity index (χ1n) is 7.47. The maximum atomic E-state index is 6.22. The van der Waals surface area contributed by atoms with E-state index in [-0.39, 0.29) is 5.92 Å². The number of rotatable bonds is 5. The minimum Gasteiger partial charge on any atom is -0.378 e. The van der Waals surface area contributed by atoms with Crippen LogP contribution in [0.1, 0.15) is 0 Å². The lowest BCUT2D eigenvalue weighted by Crippen LogP contribution is -2.36. The van der Waals surface area contributed by atoms with Gasteiger partial charge in [0, 0.05) is 31.6 Å². The molecule has 0 saturated carbocycles. The van der Waals surface area contributed by atoms with Crippen LogP contribution in [0.15, 0.2) is 12.4 Å². The van der Waals surface area contributed by atoms with Gasteiger partial charge in [-0.1, -0.05) is 11.6 Å². The van der Waals surface area contributed by atoms with Gasteiger partial charge in [0.2, 0.25) is 0 Å². The smallest absolute Gasteiger partial charge is 0.163 e. The van der Waals surface area contributed by atoms with Crippen LogP contribution >= 0.6 is 11.6 Å². The normalized spacial score (nSPS) is 15.9. The van der Waals surface area contributed by atoms with Gasteiger partial charge in [0.05, 0.1) is 25.2 Å². The number of imidazole rings is 1. The maximum Gasteiger partial charge on any atom is 0.163 e. The molecule has 1 fully saturated rings. The number of halogens is 1. The Labute approximate surface area is 134 Å². The van der Waals surface area contributed by atoms with Gasteiger partial charge in [-0.15, -0.1) is 0 Å². The lowest BCUT2D eigenvalue weighted by atomic mass is 10.1. The summed E-state index contributed by atoms with van der Waals surface area (Å²) in [5, 5.41) is 0.466. The van der Waals surface area contributed by atoms with Crippen molar-refractivity contribution in [1.29, 1.82) is 0 Å². The highest BCUT2D eigenvalue weighted by Gasteiger charge is 2.19. The quantitative estimate of drug-likeness (QED) is 0.776. The van der Waals surface area contributed by atoms with E-state index in [1.54, 1.807) is 6.33 Å². The Balaban J connectivity index is 1.98. The topological polar surface area (TPSA) is 95.2 Å². The fraction of sp³-hybridized carbons (Fsp3) is 0.571. The molecule has 1 aliphatic rings. The monoisotopic (exact) mass is 324 g/mol. The van der Waals surface area contributed by atoms with Crippen LogP contribution in [0.2, 0.25) is 5.15 Å². The molecule has 1 aliphatic heterocycles. The second-order valence-electron chi connectivity index (χ2n) is 5.47. The molecule has 22 heavy (non-hydrogen) atoms. The molecule has 2 aromatic rings. The number of pyridine rings is 1. The van der Waals surface area contributed by atoms with Gasteiger partial charge in [0.25, 0.3) is 0 Å². The Morgan fingerprint density at radius 2 is 2.00 bits per heavy atom. The van der Waals surface area contributed by atoms with E-state index in [9.17, 15) is 0 Å². The molecule has 120 valence electrons. The van der Waals surface area contributed by atoms with E-state index in [2.05, 4.69) is 14.9 Å². The average molecular weight is 325 g/mol. The van der Waals surface area contributed by atoms with Crippen molar-refractivity contribution in [2.75, 3.05) is 44.3 Å². The van der Waals surface area contributed by atoms with Crippen molar-refractivity contribution in [2.45, 2.75) is 6.54 Å². The minimum absolute atomic E-state index is 0.199. The van der Waals surface area contributed by atoms with Crippen LogP contribution in [0.5, 0.6) is 0 Å². The molecule has 2 aromatic heterocycles. The van der Waals surface area contributed by atoms with E-state index in [0.717, 1.165) is 29.9 Å². The van der Waals surface area contributed by atoms with E-state index in [1.807, 2.05) is 10.6 Å². The molecule has 0 bridgehead atoms. The molecule has 0 atom stereocenters. The predicted octanol–water partition coefficient (Wildman–Crippen LogP) is 0.455. The SMILES string of the molecule is NCC(CN)Cn1cnc2c(N3CCOCC3)cc(Cl)nc21. The standard InChI is InChI=1S/C14H21ClN6O/c15-12-5-11(20-1-3-22-4-2-20)13-14(19-12)21(9-18-13)8-10(6-16)7-17/h5,9-10H,1-4,6-8,16-17H2. The molecule has 0 amide bonds. The van der Waals surface area contributed by atoms with Crippen LogP contribution in [0.25, 0.3) is 11.2 Å². The number of anilines is 1. The van der Waals surface area contributed by atoms with Crippen LogP contribution in [0.3, 0.4) is 0 Å². The van der Waals surface area contributed by atoms with Gasteiger partial charge in [-0.2, -0.15) is 0 Å². The first kappa shape index (κ1) is 15.5. The van der Waals surface area contributed by atoms with Crippen molar-refractivity contribution < 1.29 is 4.74 Å². The number of ether oxygens (including phenoxy) is 1. The van der Waals surface area contributed by atoms with Gasteiger partial charge >= 0.3 is 0 Å². The van der Waals surface area contributed by atoms with Crippen molar-refractivity contribution >= 4 is 28.5 Å². The van der Waals surface area contributed by atoms with E-state index in [1.165, 1.54) is 0 Å². The van der Waals surface area contributed by atoms with Crippen LogP contribution in [-0.2, 0) is 11.3 Å².